The van der Waals surface area contributed by atoms with Crippen LogP contribution in [-0.2, 0) is 11.3 Å². The monoisotopic (exact) mass is 362 g/mol. The predicted octanol–water partition coefficient (Wildman–Crippen LogP) is 2.31. The fraction of sp³-hybridized carbons (Fsp3) is 0.350. The van der Waals surface area contributed by atoms with E-state index in [1.165, 1.54) is 6.07 Å². The van der Waals surface area contributed by atoms with E-state index in [0.717, 1.165) is 17.3 Å². The molecular weight excluding hydrogens is 336 g/mol. The summed E-state index contributed by atoms with van der Waals surface area (Å²) < 4.78 is 26.3. The summed E-state index contributed by atoms with van der Waals surface area (Å²) in [6, 6.07) is 11.7. The lowest BCUT2D eigenvalue weighted by Gasteiger charge is -2.19. The third kappa shape index (κ3) is 5.26. The summed E-state index contributed by atoms with van der Waals surface area (Å²) in [7, 11) is 5.72. The van der Waals surface area contributed by atoms with Crippen LogP contribution in [0.2, 0.25) is 0 Å². The first-order chi connectivity index (χ1) is 12.3. The van der Waals surface area contributed by atoms with Gasteiger partial charge in [0.2, 0.25) is 0 Å². The normalized spacial score (nSPS) is 11.9. The Labute approximate surface area is 153 Å². The van der Waals surface area contributed by atoms with E-state index in [0.29, 0.717) is 12.1 Å². The zero-order chi connectivity index (χ0) is 19.3. The van der Waals surface area contributed by atoms with E-state index < -0.39 is 11.6 Å². The average Bonchev–Trinajstić information content (AvgIpc) is 2.62. The fourth-order valence-corrected chi connectivity index (χ4v) is 2.63. The zero-order valence-electron chi connectivity index (χ0n) is 15.7. The van der Waals surface area contributed by atoms with E-state index in [4.69, 9.17) is 0 Å². The van der Waals surface area contributed by atoms with Crippen molar-refractivity contribution in [1.82, 2.24) is 4.90 Å². The molecule has 0 saturated carbocycles. The fourth-order valence-electron chi connectivity index (χ4n) is 2.63. The van der Waals surface area contributed by atoms with Crippen LogP contribution in [0.5, 0.6) is 0 Å². The lowest BCUT2D eigenvalue weighted by Crippen LogP contribution is -2.87. The summed E-state index contributed by atoms with van der Waals surface area (Å²) >= 11 is 0. The molecule has 0 radical (unpaired) electrons. The summed E-state index contributed by atoms with van der Waals surface area (Å²) in [4.78, 5) is 16.0. The molecule has 2 N–H and O–H groups in total. The van der Waals surface area contributed by atoms with Crippen molar-refractivity contribution in [3.63, 3.8) is 0 Å². The summed E-state index contributed by atoms with van der Waals surface area (Å²) in [5, 5.41) is 1.82. The smallest absolute Gasteiger partial charge is 0.277 e. The van der Waals surface area contributed by atoms with Gasteiger partial charge in [-0.15, -0.1) is 0 Å². The number of likely N-dealkylation sites (N-methyl/N-ethyl adjacent to an activating group) is 1. The van der Waals surface area contributed by atoms with Crippen LogP contribution in [0.3, 0.4) is 0 Å². The van der Waals surface area contributed by atoms with Crippen LogP contribution in [0.1, 0.15) is 24.1 Å². The number of quaternary nitrogens is 1. The summed E-state index contributed by atoms with van der Waals surface area (Å²) in [6.45, 7) is 2.63. The molecule has 140 valence electrons. The Kier molecular flexibility index (Phi) is 6.69. The molecule has 0 spiro atoms. The van der Waals surface area contributed by atoms with Crippen molar-refractivity contribution in [2.24, 2.45) is 0 Å². The van der Waals surface area contributed by atoms with Gasteiger partial charge in [0.15, 0.2) is 18.2 Å². The number of carbonyl (C=O) groups excluding carboxylic acids is 1. The second kappa shape index (κ2) is 8.76. The highest BCUT2D eigenvalue weighted by molar-refractivity contribution is 5.76. The standard InChI is InChI=1S/C20H25F2N3O/c1-14(16-7-10-18(21)19(22)11-16)23-12-20(26)25(4)13-15-5-8-17(9-6-15)24(2)3/h5-11,14,23H,12-13H2,1-4H3/p+1/t14-/m1/s1. The van der Waals surface area contributed by atoms with Crippen LogP contribution in [0, 0.1) is 11.6 Å². The Morgan fingerprint density at radius 2 is 1.69 bits per heavy atom. The van der Waals surface area contributed by atoms with Crippen molar-refractivity contribution < 1.29 is 18.9 Å². The van der Waals surface area contributed by atoms with E-state index in [1.807, 2.05) is 55.5 Å². The van der Waals surface area contributed by atoms with Crippen molar-refractivity contribution in [3.8, 4) is 0 Å². The summed E-state index contributed by atoms with van der Waals surface area (Å²) in [6.07, 6.45) is 0. The van der Waals surface area contributed by atoms with Gasteiger partial charge in [-0.1, -0.05) is 12.1 Å². The number of amides is 1. The van der Waals surface area contributed by atoms with E-state index in [-0.39, 0.29) is 18.5 Å². The molecule has 6 heteroatoms. The molecule has 0 aliphatic carbocycles. The molecule has 0 unspecified atom stereocenters. The Hall–Kier alpha value is -2.47. The van der Waals surface area contributed by atoms with E-state index >= 15 is 0 Å². The van der Waals surface area contributed by atoms with Crippen molar-refractivity contribution in [2.45, 2.75) is 19.5 Å². The predicted molar refractivity (Wildman–Crippen MR) is 98.8 cm³/mol. The second-order valence-corrected chi connectivity index (χ2v) is 6.71. The van der Waals surface area contributed by atoms with Gasteiger partial charge < -0.3 is 15.1 Å². The molecule has 0 aromatic heterocycles. The molecule has 0 saturated heterocycles. The van der Waals surface area contributed by atoms with Crippen LogP contribution in [0.4, 0.5) is 14.5 Å². The number of hydrogen-bond donors (Lipinski definition) is 1. The van der Waals surface area contributed by atoms with Crippen molar-refractivity contribution in [1.29, 1.82) is 0 Å². The molecular formula is C20H26F2N3O+. The topological polar surface area (TPSA) is 40.2 Å². The number of halogens is 2. The number of carbonyl (C=O) groups is 1. The van der Waals surface area contributed by atoms with Crippen molar-refractivity contribution in [2.75, 3.05) is 32.6 Å². The molecule has 2 rings (SSSR count). The van der Waals surface area contributed by atoms with Gasteiger partial charge in [0.25, 0.3) is 5.91 Å². The molecule has 2 aromatic rings. The maximum atomic E-state index is 13.3. The number of nitrogens with zero attached hydrogens (tertiary/aromatic N) is 2. The third-order valence-corrected chi connectivity index (χ3v) is 4.41. The van der Waals surface area contributed by atoms with Gasteiger partial charge in [0.1, 0.15) is 6.04 Å². The van der Waals surface area contributed by atoms with Gasteiger partial charge in [-0.3, -0.25) is 4.79 Å². The van der Waals surface area contributed by atoms with Crippen molar-refractivity contribution in [3.05, 3.63) is 65.2 Å². The first-order valence-corrected chi connectivity index (χ1v) is 8.56. The molecule has 1 atom stereocenters. The highest BCUT2D eigenvalue weighted by atomic mass is 19.2. The number of benzene rings is 2. The Morgan fingerprint density at radius 1 is 1.04 bits per heavy atom. The highest BCUT2D eigenvalue weighted by Gasteiger charge is 2.16. The molecule has 1 amide bonds. The molecule has 0 fully saturated rings. The molecule has 0 heterocycles. The van der Waals surface area contributed by atoms with Crippen LogP contribution >= 0.6 is 0 Å². The molecule has 0 aliphatic heterocycles. The SMILES string of the molecule is C[C@@H]([NH2+]CC(=O)N(C)Cc1ccc(N(C)C)cc1)c1ccc(F)c(F)c1. The molecule has 26 heavy (non-hydrogen) atoms. The first kappa shape index (κ1) is 19.8. The number of nitrogens with two attached hydrogens (primary N) is 1. The van der Waals surface area contributed by atoms with Crippen LogP contribution < -0.4 is 10.2 Å². The second-order valence-electron chi connectivity index (χ2n) is 6.71. The Bertz CT molecular complexity index is 747. The Morgan fingerprint density at radius 3 is 2.27 bits per heavy atom. The van der Waals surface area contributed by atoms with Gasteiger partial charge in [0, 0.05) is 38.9 Å². The maximum absolute atomic E-state index is 13.3. The van der Waals surface area contributed by atoms with Gasteiger partial charge in [-0.2, -0.15) is 0 Å². The van der Waals surface area contributed by atoms with E-state index in [9.17, 15) is 13.6 Å². The quantitative estimate of drug-likeness (QED) is 0.821. The summed E-state index contributed by atoms with van der Waals surface area (Å²) in [5.74, 6) is -1.75. The van der Waals surface area contributed by atoms with E-state index in [2.05, 4.69) is 0 Å². The minimum atomic E-state index is -0.868. The van der Waals surface area contributed by atoms with Crippen molar-refractivity contribution >= 4 is 11.6 Å². The minimum Gasteiger partial charge on any atom is -0.378 e. The number of hydrogen-bond acceptors (Lipinski definition) is 2. The Balaban J connectivity index is 1.87. The summed E-state index contributed by atoms with van der Waals surface area (Å²) in [5.41, 5.74) is 2.81. The molecule has 0 aliphatic rings. The lowest BCUT2D eigenvalue weighted by atomic mass is 10.1. The molecule has 0 bridgehead atoms. The molecule has 4 nitrogen and oxygen atoms in total. The van der Waals surface area contributed by atoms with Gasteiger partial charge in [0.05, 0.1) is 0 Å². The first-order valence-electron chi connectivity index (χ1n) is 8.56. The largest absolute Gasteiger partial charge is 0.378 e. The highest BCUT2D eigenvalue weighted by Crippen LogP contribution is 2.14. The zero-order valence-corrected chi connectivity index (χ0v) is 15.7. The lowest BCUT2D eigenvalue weighted by molar-refractivity contribution is -0.683. The number of rotatable bonds is 7. The number of anilines is 1. The van der Waals surface area contributed by atoms with Crippen LogP contribution in [0.25, 0.3) is 0 Å². The van der Waals surface area contributed by atoms with Crippen LogP contribution in [0.15, 0.2) is 42.5 Å². The van der Waals surface area contributed by atoms with Gasteiger partial charge in [-0.25, -0.2) is 8.78 Å². The third-order valence-electron chi connectivity index (χ3n) is 4.41. The maximum Gasteiger partial charge on any atom is 0.277 e. The van der Waals surface area contributed by atoms with Gasteiger partial charge in [-0.05, 0) is 42.8 Å². The molecule has 2 aromatic carbocycles. The minimum absolute atomic E-state index is 0.0175. The van der Waals surface area contributed by atoms with Crippen LogP contribution in [-0.4, -0.2) is 38.5 Å². The average molecular weight is 362 g/mol. The van der Waals surface area contributed by atoms with Gasteiger partial charge >= 0.3 is 0 Å². The van der Waals surface area contributed by atoms with E-state index in [1.54, 1.807) is 18.0 Å².